The number of hydrogen-bond acceptors (Lipinski definition) is 8. The lowest BCUT2D eigenvalue weighted by molar-refractivity contribution is -0.329. The Kier molecular flexibility index (Phi) is 7.08. The van der Waals surface area contributed by atoms with Crippen LogP contribution in [0.4, 0.5) is 0 Å². The van der Waals surface area contributed by atoms with E-state index >= 15 is 0 Å². The maximum Gasteiger partial charge on any atom is 0.186 e. The molecule has 2 heterocycles. The number of rotatable bonds is 3. The van der Waals surface area contributed by atoms with Crippen LogP contribution in [0.2, 0.25) is 0 Å². The second-order valence-electron chi connectivity index (χ2n) is 18.1. The fraction of sp³-hybridized carbons (Fsp3) is 0.944. The summed E-state index contributed by atoms with van der Waals surface area (Å²) < 4.78 is 19.4. The summed E-state index contributed by atoms with van der Waals surface area (Å²) in [6, 6.07) is 0. The molecule has 1 spiro atoms. The van der Waals surface area contributed by atoms with Gasteiger partial charge in [0.2, 0.25) is 0 Å². The van der Waals surface area contributed by atoms with Gasteiger partial charge in [-0.1, -0.05) is 53.7 Å². The molecule has 6 fully saturated rings. The molecule has 44 heavy (non-hydrogen) atoms. The van der Waals surface area contributed by atoms with Crippen molar-refractivity contribution in [1.82, 2.24) is 0 Å². The van der Waals surface area contributed by atoms with Gasteiger partial charge in [0.1, 0.15) is 18.3 Å². The molecule has 4 saturated carbocycles. The number of aliphatic hydroxyl groups excluding tert-OH is 5. The highest BCUT2D eigenvalue weighted by Crippen LogP contribution is 2.79. The first kappa shape index (κ1) is 32.0. The Labute approximate surface area is 263 Å². The number of ether oxygens (including phenoxy) is 3. The van der Waals surface area contributed by atoms with Crippen LogP contribution in [-0.2, 0) is 14.2 Å². The van der Waals surface area contributed by atoms with Crippen molar-refractivity contribution in [3.05, 3.63) is 12.2 Å². The summed E-state index contributed by atoms with van der Waals surface area (Å²) in [7, 11) is 0. The van der Waals surface area contributed by atoms with E-state index in [9.17, 15) is 25.5 Å². The molecule has 0 unspecified atom stereocenters. The molecular weight excluding hydrogens is 560 g/mol. The Morgan fingerprint density at radius 2 is 1.57 bits per heavy atom. The summed E-state index contributed by atoms with van der Waals surface area (Å²) in [5.74, 6) is 0.695. The summed E-state index contributed by atoms with van der Waals surface area (Å²) in [5.41, 5.74) is -1.36. The fourth-order valence-electron chi connectivity index (χ4n) is 12.8. The van der Waals surface area contributed by atoms with Gasteiger partial charge in [0.15, 0.2) is 6.29 Å². The van der Waals surface area contributed by atoms with Crippen molar-refractivity contribution in [2.75, 3.05) is 13.2 Å². The van der Waals surface area contributed by atoms with E-state index in [0.29, 0.717) is 18.9 Å². The first-order chi connectivity index (χ1) is 20.4. The highest BCUT2D eigenvalue weighted by atomic mass is 16.7. The average Bonchev–Trinajstić information content (AvgIpc) is 3.24. The zero-order chi connectivity index (χ0) is 31.9. The van der Waals surface area contributed by atoms with Gasteiger partial charge in [-0.3, -0.25) is 0 Å². The number of fused-ring (bicyclic) bond motifs is 4. The molecule has 8 heteroatoms. The predicted octanol–water partition coefficient (Wildman–Crippen LogP) is 3.95. The predicted molar refractivity (Wildman–Crippen MR) is 164 cm³/mol. The smallest absolute Gasteiger partial charge is 0.186 e. The van der Waals surface area contributed by atoms with Crippen molar-refractivity contribution in [2.45, 2.75) is 148 Å². The van der Waals surface area contributed by atoms with E-state index in [4.69, 9.17) is 14.2 Å². The van der Waals surface area contributed by atoms with E-state index in [1.54, 1.807) is 6.92 Å². The standard InChI is InChI=1S/C36H58O8/c1-20-26(39)27(40)28(41)29(43-20)44-25-10-11-31(4)21(32(25,5)18-37)8-12-33(6)22(31)9-13-36-23-16-30(2,3)14-15-35(23,19-42-36)24(38)17-34(33,36)7/h9,13,20-29,37-41H,8,10-12,14-19H2,1-7H3/t20-,21-,22-,23+,24-,25+,26+,27+,28-,29+,31+,32+,33-,34+,35-,36+/m0/s1. The summed E-state index contributed by atoms with van der Waals surface area (Å²) >= 11 is 0. The van der Waals surface area contributed by atoms with Gasteiger partial charge in [-0.05, 0) is 86.4 Å². The maximum atomic E-state index is 12.0. The topological polar surface area (TPSA) is 129 Å². The van der Waals surface area contributed by atoms with Gasteiger partial charge in [-0.2, -0.15) is 0 Å². The van der Waals surface area contributed by atoms with Gasteiger partial charge < -0.3 is 39.7 Å². The van der Waals surface area contributed by atoms with Crippen LogP contribution in [0.3, 0.4) is 0 Å². The molecule has 5 N–H and O–H groups in total. The van der Waals surface area contributed by atoms with Crippen molar-refractivity contribution in [3.8, 4) is 0 Å². The molecule has 0 aromatic heterocycles. The Morgan fingerprint density at radius 1 is 0.841 bits per heavy atom. The number of allylic oxidation sites excluding steroid dienone is 1. The molecule has 8 nitrogen and oxygen atoms in total. The van der Waals surface area contributed by atoms with E-state index in [-0.39, 0.29) is 63.3 Å². The first-order valence-corrected chi connectivity index (χ1v) is 17.4. The number of aliphatic hydroxyl groups is 5. The van der Waals surface area contributed by atoms with Crippen molar-refractivity contribution >= 4 is 0 Å². The zero-order valence-corrected chi connectivity index (χ0v) is 28.0. The monoisotopic (exact) mass is 618 g/mol. The van der Waals surface area contributed by atoms with E-state index in [2.05, 4.69) is 53.7 Å². The van der Waals surface area contributed by atoms with Gasteiger partial charge in [-0.15, -0.1) is 0 Å². The third kappa shape index (κ3) is 3.75. The number of hydrogen-bond donors (Lipinski definition) is 5. The van der Waals surface area contributed by atoms with Crippen LogP contribution in [0.1, 0.15) is 99.8 Å². The van der Waals surface area contributed by atoms with Crippen molar-refractivity contribution in [3.63, 3.8) is 0 Å². The highest BCUT2D eigenvalue weighted by Gasteiger charge is 2.79. The van der Waals surface area contributed by atoms with Gasteiger partial charge in [0.05, 0.1) is 37.1 Å². The molecular formula is C36H58O8. The van der Waals surface area contributed by atoms with Crippen molar-refractivity contribution in [2.24, 2.45) is 50.2 Å². The Balaban J connectivity index is 1.23. The Morgan fingerprint density at radius 3 is 2.27 bits per heavy atom. The van der Waals surface area contributed by atoms with Crippen LogP contribution in [0.25, 0.3) is 0 Å². The maximum absolute atomic E-state index is 12.0. The molecule has 2 aliphatic heterocycles. The molecule has 0 radical (unpaired) electrons. The van der Waals surface area contributed by atoms with Crippen molar-refractivity contribution < 1.29 is 39.7 Å². The van der Waals surface area contributed by atoms with Crippen LogP contribution >= 0.6 is 0 Å². The van der Waals surface area contributed by atoms with Gasteiger partial charge in [-0.25, -0.2) is 0 Å². The van der Waals surface area contributed by atoms with E-state index in [0.717, 1.165) is 44.9 Å². The van der Waals surface area contributed by atoms with E-state index in [1.807, 2.05) is 0 Å². The van der Waals surface area contributed by atoms with Crippen LogP contribution in [0, 0.1) is 50.2 Å². The zero-order valence-electron chi connectivity index (χ0n) is 28.0. The molecule has 5 aliphatic carbocycles. The SMILES string of the molecule is C[C@@H]1O[C@H](O[C@@H]2CC[C@]3(C)[C@H](CC[C@@]4(C)[C@H]3C=C[C@@]35OC[C@]6(CCC(C)(C)C[C@H]63)[C@@H](O)C[C@]45C)[C@@]2(C)CO)[C@@H](O)[C@H](O)[C@@H]1O. The normalized spacial score (nSPS) is 61.0. The minimum Gasteiger partial charge on any atom is -0.396 e. The molecule has 2 bridgehead atoms. The lowest BCUT2D eigenvalue weighted by Crippen LogP contribution is -2.72. The van der Waals surface area contributed by atoms with E-state index < -0.39 is 36.1 Å². The molecule has 7 rings (SSSR count). The quantitative estimate of drug-likeness (QED) is 0.238. The van der Waals surface area contributed by atoms with Crippen LogP contribution in [0.5, 0.6) is 0 Å². The van der Waals surface area contributed by atoms with Crippen LogP contribution in [-0.4, -0.2) is 87.3 Å². The molecule has 16 atom stereocenters. The molecule has 250 valence electrons. The molecule has 0 amide bonds. The van der Waals surface area contributed by atoms with Crippen molar-refractivity contribution in [1.29, 1.82) is 0 Å². The largest absolute Gasteiger partial charge is 0.396 e. The lowest BCUT2D eigenvalue weighted by atomic mass is 9.32. The third-order valence-corrected chi connectivity index (χ3v) is 15.8. The summed E-state index contributed by atoms with van der Waals surface area (Å²) in [6.45, 7) is 16.4. The van der Waals surface area contributed by atoms with Crippen LogP contribution < -0.4 is 0 Å². The Bertz CT molecular complexity index is 1190. The summed E-state index contributed by atoms with van der Waals surface area (Å²) in [6.07, 6.45) is 5.98. The lowest BCUT2D eigenvalue weighted by Gasteiger charge is -2.73. The van der Waals surface area contributed by atoms with Gasteiger partial charge in [0, 0.05) is 22.2 Å². The molecule has 2 saturated heterocycles. The Hall–Kier alpha value is -0.580. The summed E-state index contributed by atoms with van der Waals surface area (Å²) in [4.78, 5) is 0. The van der Waals surface area contributed by atoms with Gasteiger partial charge >= 0.3 is 0 Å². The second-order valence-corrected chi connectivity index (χ2v) is 18.1. The average molecular weight is 619 g/mol. The minimum atomic E-state index is -1.37. The molecule has 0 aromatic rings. The minimum absolute atomic E-state index is 0.0582. The second kappa shape index (κ2) is 9.74. The first-order valence-electron chi connectivity index (χ1n) is 17.4. The fourth-order valence-corrected chi connectivity index (χ4v) is 12.8. The van der Waals surface area contributed by atoms with E-state index in [1.165, 1.54) is 0 Å². The summed E-state index contributed by atoms with van der Waals surface area (Å²) in [5, 5.41) is 54.4. The third-order valence-electron chi connectivity index (χ3n) is 15.8. The highest BCUT2D eigenvalue weighted by molar-refractivity contribution is 5.36. The van der Waals surface area contributed by atoms with Crippen LogP contribution in [0.15, 0.2) is 12.2 Å². The van der Waals surface area contributed by atoms with Gasteiger partial charge in [0.25, 0.3) is 0 Å². The molecule has 7 aliphatic rings. The molecule has 0 aromatic carbocycles.